The summed E-state index contributed by atoms with van der Waals surface area (Å²) < 4.78 is 33.0. The number of nitrogens with zero attached hydrogens (tertiary/aromatic N) is 2. The molecule has 0 N–H and O–H groups in total. The Kier molecular flexibility index (Phi) is 5.49. The van der Waals surface area contributed by atoms with Gasteiger partial charge in [0.2, 0.25) is 10.0 Å². The predicted octanol–water partition coefficient (Wildman–Crippen LogP) is 4.16. The van der Waals surface area contributed by atoms with Crippen LogP contribution in [0.3, 0.4) is 0 Å². The van der Waals surface area contributed by atoms with Crippen LogP contribution in [0.15, 0.2) is 64.2 Å². The van der Waals surface area contributed by atoms with Crippen LogP contribution in [0.1, 0.15) is 9.75 Å². The van der Waals surface area contributed by atoms with E-state index >= 15 is 0 Å². The monoisotopic (exact) mass is 434 g/mol. The highest BCUT2D eigenvalue weighted by molar-refractivity contribution is 7.89. The zero-order valence-corrected chi connectivity index (χ0v) is 17.3. The smallest absolute Gasteiger partial charge is 0.414 e. The average Bonchev–Trinajstić information content (AvgIpc) is 3.44. The van der Waals surface area contributed by atoms with Crippen LogP contribution in [0, 0.1) is 0 Å². The van der Waals surface area contributed by atoms with Crippen molar-refractivity contribution in [2.45, 2.75) is 18.0 Å². The first kappa shape index (κ1) is 19.1. The largest absolute Gasteiger partial charge is 0.447 e. The van der Waals surface area contributed by atoms with Crippen molar-refractivity contribution in [1.29, 1.82) is 0 Å². The summed E-state index contributed by atoms with van der Waals surface area (Å²) in [5, 5.41) is 3.88. The van der Waals surface area contributed by atoms with Gasteiger partial charge in [-0.05, 0) is 47.2 Å². The molecule has 0 unspecified atom stereocenters. The van der Waals surface area contributed by atoms with E-state index in [-0.39, 0.29) is 4.90 Å². The zero-order chi connectivity index (χ0) is 19.6. The first-order valence-electron chi connectivity index (χ1n) is 8.63. The van der Waals surface area contributed by atoms with Crippen LogP contribution in [-0.2, 0) is 27.8 Å². The van der Waals surface area contributed by atoms with Crippen molar-refractivity contribution in [3.63, 3.8) is 0 Å². The van der Waals surface area contributed by atoms with E-state index in [1.165, 1.54) is 31.9 Å². The molecule has 1 aliphatic rings. The minimum atomic E-state index is -3.70. The Labute approximate surface area is 171 Å². The van der Waals surface area contributed by atoms with Gasteiger partial charge in [0.05, 0.1) is 11.4 Å². The number of amides is 1. The molecule has 1 saturated heterocycles. The van der Waals surface area contributed by atoms with E-state index in [0.29, 0.717) is 31.9 Å². The fourth-order valence-corrected chi connectivity index (χ4v) is 5.95. The molecule has 0 bridgehead atoms. The van der Waals surface area contributed by atoms with E-state index in [9.17, 15) is 13.2 Å². The van der Waals surface area contributed by atoms with E-state index in [2.05, 4.69) is 0 Å². The highest BCUT2D eigenvalue weighted by Crippen LogP contribution is 2.26. The third-order valence-corrected chi connectivity index (χ3v) is 7.90. The number of anilines is 1. The number of benzene rings is 1. The summed E-state index contributed by atoms with van der Waals surface area (Å²) in [5.41, 5.74) is 0.629. The van der Waals surface area contributed by atoms with Crippen molar-refractivity contribution in [2.24, 2.45) is 0 Å². The summed E-state index contributed by atoms with van der Waals surface area (Å²) in [6.07, 6.45) is -0.410. The van der Waals surface area contributed by atoms with Gasteiger partial charge >= 0.3 is 6.09 Å². The minimum absolute atomic E-state index is 0.205. The second-order valence-corrected chi connectivity index (χ2v) is 10.2. The lowest BCUT2D eigenvalue weighted by Gasteiger charge is -2.22. The average molecular weight is 435 g/mol. The van der Waals surface area contributed by atoms with Crippen LogP contribution in [0.5, 0.6) is 0 Å². The van der Waals surface area contributed by atoms with Crippen LogP contribution in [-0.4, -0.2) is 32.0 Å². The molecule has 28 heavy (non-hydrogen) atoms. The topological polar surface area (TPSA) is 66.9 Å². The highest BCUT2D eigenvalue weighted by Gasteiger charge is 2.27. The summed E-state index contributed by atoms with van der Waals surface area (Å²) in [4.78, 5) is 15.4. The zero-order valence-electron chi connectivity index (χ0n) is 14.9. The molecule has 9 heteroatoms. The SMILES string of the molecule is O=C1OCCN1c1ccc(S(=O)(=O)N(Cc2cccs2)Cc2cccs2)cc1. The number of carbonyl (C=O) groups excluding carboxylic acids is 1. The van der Waals surface area contributed by atoms with Gasteiger partial charge in [-0.15, -0.1) is 22.7 Å². The van der Waals surface area contributed by atoms with Crippen molar-refractivity contribution in [2.75, 3.05) is 18.1 Å². The summed E-state index contributed by atoms with van der Waals surface area (Å²) in [7, 11) is -3.70. The number of cyclic esters (lactones) is 1. The fraction of sp³-hybridized carbons (Fsp3) is 0.211. The van der Waals surface area contributed by atoms with Gasteiger partial charge in [0, 0.05) is 28.5 Å². The summed E-state index contributed by atoms with van der Waals surface area (Å²) in [5.74, 6) is 0. The van der Waals surface area contributed by atoms with E-state index in [0.717, 1.165) is 9.75 Å². The molecule has 3 heterocycles. The summed E-state index contributed by atoms with van der Waals surface area (Å²) >= 11 is 3.07. The Hall–Kier alpha value is -2.20. The van der Waals surface area contributed by atoms with Crippen LogP contribution >= 0.6 is 22.7 Å². The van der Waals surface area contributed by atoms with Crippen LogP contribution < -0.4 is 4.90 Å². The van der Waals surface area contributed by atoms with Crippen molar-refractivity contribution in [3.05, 3.63) is 69.0 Å². The molecule has 1 aromatic carbocycles. The Morgan fingerprint density at radius 1 is 0.964 bits per heavy atom. The van der Waals surface area contributed by atoms with Gasteiger partial charge in [-0.2, -0.15) is 4.31 Å². The van der Waals surface area contributed by atoms with E-state index < -0.39 is 16.1 Å². The molecule has 3 aromatic rings. The standard InChI is InChI=1S/C19H18N2O4S3/c22-19-21(9-10-25-19)15-5-7-18(8-6-15)28(23,24)20(13-16-3-1-11-26-16)14-17-4-2-12-27-17/h1-8,11-12H,9-10,13-14H2. The highest BCUT2D eigenvalue weighted by atomic mass is 32.2. The summed E-state index contributed by atoms with van der Waals surface area (Å²) in [6.45, 7) is 1.44. The molecule has 6 nitrogen and oxygen atoms in total. The van der Waals surface area contributed by atoms with Gasteiger partial charge < -0.3 is 4.74 Å². The van der Waals surface area contributed by atoms with Gasteiger partial charge in [-0.1, -0.05) is 12.1 Å². The number of hydrogen-bond acceptors (Lipinski definition) is 6. The van der Waals surface area contributed by atoms with Gasteiger partial charge in [0.1, 0.15) is 6.61 Å². The Morgan fingerprint density at radius 3 is 2.04 bits per heavy atom. The molecular weight excluding hydrogens is 416 g/mol. The second kappa shape index (κ2) is 8.04. The first-order valence-corrected chi connectivity index (χ1v) is 11.8. The molecule has 0 atom stereocenters. The second-order valence-electron chi connectivity index (χ2n) is 6.19. The minimum Gasteiger partial charge on any atom is -0.447 e. The number of thiophene rings is 2. The third kappa shape index (κ3) is 3.97. The molecule has 0 aliphatic carbocycles. The lowest BCUT2D eigenvalue weighted by molar-refractivity contribution is 0.181. The lowest BCUT2D eigenvalue weighted by atomic mass is 10.3. The van der Waals surface area contributed by atoms with E-state index in [1.54, 1.807) is 24.3 Å². The molecule has 2 aromatic heterocycles. The Bertz CT molecular complexity index is 993. The maximum atomic E-state index is 13.3. The maximum Gasteiger partial charge on any atom is 0.414 e. The number of carbonyl (C=O) groups is 1. The number of rotatable bonds is 7. The Balaban J connectivity index is 1.61. The third-order valence-electron chi connectivity index (χ3n) is 4.37. The molecule has 4 rings (SSSR count). The first-order chi connectivity index (χ1) is 13.5. The number of hydrogen-bond donors (Lipinski definition) is 0. The molecule has 0 radical (unpaired) electrons. The molecular formula is C19H18N2O4S3. The van der Waals surface area contributed by atoms with E-state index in [1.807, 2.05) is 35.0 Å². The molecule has 1 aliphatic heterocycles. The number of sulfonamides is 1. The lowest BCUT2D eigenvalue weighted by Crippen LogP contribution is -2.30. The van der Waals surface area contributed by atoms with Crippen molar-refractivity contribution >= 4 is 44.5 Å². The van der Waals surface area contributed by atoms with Gasteiger partial charge in [-0.25, -0.2) is 13.2 Å². The predicted molar refractivity (Wildman–Crippen MR) is 110 cm³/mol. The molecule has 1 fully saturated rings. The maximum absolute atomic E-state index is 13.3. The van der Waals surface area contributed by atoms with Crippen molar-refractivity contribution < 1.29 is 17.9 Å². The quantitative estimate of drug-likeness (QED) is 0.560. The van der Waals surface area contributed by atoms with Crippen LogP contribution in [0.2, 0.25) is 0 Å². The molecule has 146 valence electrons. The van der Waals surface area contributed by atoms with Gasteiger partial charge in [0.25, 0.3) is 0 Å². The Morgan fingerprint density at radius 2 is 1.57 bits per heavy atom. The van der Waals surface area contributed by atoms with Gasteiger partial charge in [-0.3, -0.25) is 4.90 Å². The van der Waals surface area contributed by atoms with Crippen molar-refractivity contribution in [1.82, 2.24) is 4.31 Å². The number of ether oxygens (including phenoxy) is 1. The fourth-order valence-electron chi connectivity index (χ4n) is 2.95. The van der Waals surface area contributed by atoms with Crippen molar-refractivity contribution in [3.8, 4) is 0 Å². The normalized spacial score (nSPS) is 14.6. The molecule has 1 amide bonds. The van der Waals surface area contributed by atoms with Crippen LogP contribution in [0.25, 0.3) is 0 Å². The molecule has 0 saturated carbocycles. The van der Waals surface area contributed by atoms with Crippen LogP contribution in [0.4, 0.5) is 10.5 Å². The summed E-state index contributed by atoms with van der Waals surface area (Å²) in [6, 6.07) is 14.1. The molecule has 0 spiro atoms. The van der Waals surface area contributed by atoms with Gasteiger partial charge in [0.15, 0.2) is 0 Å². The van der Waals surface area contributed by atoms with E-state index in [4.69, 9.17) is 4.74 Å².